The molecule has 2 aromatic carbocycles. The molecular formula is C21H21BrN4O3S. The van der Waals surface area contributed by atoms with Crippen LogP contribution in [0.25, 0.3) is 0 Å². The molecule has 30 heavy (non-hydrogen) atoms. The SMILES string of the molecule is COc1ccc(C(=O)NC(C)c2nnc(SCC(=O)c3ccc(Br)cc3)n2C)cc1. The second-order valence-corrected chi connectivity index (χ2v) is 8.40. The van der Waals surface area contributed by atoms with Crippen LogP contribution in [0.3, 0.4) is 0 Å². The highest BCUT2D eigenvalue weighted by Gasteiger charge is 2.19. The maximum Gasteiger partial charge on any atom is 0.251 e. The lowest BCUT2D eigenvalue weighted by atomic mass is 10.2. The number of halogens is 1. The summed E-state index contributed by atoms with van der Waals surface area (Å²) in [5, 5.41) is 11.9. The number of ketones is 1. The molecule has 9 heteroatoms. The molecule has 156 valence electrons. The molecule has 0 saturated heterocycles. The Morgan fingerprint density at radius 3 is 2.37 bits per heavy atom. The molecule has 0 aliphatic rings. The van der Waals surface area contributed by atoms with Gasteiger partial charge in [0.2, 0.25) is 0 Å². The highest BCUT2D eigenvalue weighted by molar-refractivity contribution is 9.10. The van der Waals surface area contributed by atoms with Gasteiger partial charge in [0, 0.05) is 22.6 Å². The van der Waals surface area contributed by atoms with Crippen LogP contribution in [0.15, 0.2) is 58.2 Å². The van der Waals surface area contributed by atoms with Crippen LogP contribution < -0.4 is 10.1 Å². The molecule has 0 fully saturated rings. The van der Waals surface area contributed by atoms with E-state index >= 15 is 0 Å². The van der Waals surface area contributed by atoms with Crippen molar-refractivity contribution in [3.63, 3.8) is 0 Å². The second-order valence-electron chi connectivity index (χ2n) is 6.54. The summed E-state index contributed by atoms with van der Waals surface area (Å²) in [5.41, 5.74) is 1.17. The third-order valence-electron chi connectivity index (χ3n) is 4.45. The van der Waals surface area contributed by atoms with E-state index in [-0.39, 0.29) is 23.5 Å². The number of carbonyl (C=O) groups is 2. The van der Waals surface area contributed by atoms with Gasteiger partial charge in [-0.15, -0.1) is 10.2 Å². The number of hydrogen-bond acceptors (Lipinski definition) is 6. The minimum absolute atomic E-state index is 0.0120. The number of nitrogens with one attached hydrogen (secondary N) is 1. The van der Waals surface area contributed by atoms with Gasteiger partial charge in [-0.1, -0.05) is 39.8 Å². The van der Waals surface area contributed by atoms with Crippen LogP contribution in [0, 0.1) is 0 Å². The van der Waals surface area contributed by atoms with Crippen molar-refractivity contribution in [3.05, 3.63) is 70.0 Å². The topological polar surface area (TPSA) is 86.1 Å². The zero-order valence-electron chi connectivity index (χ0n) is 16.8. The van der Waals surface area contributed by atoms with E-state index < -0.39 is 0 Å². The van der Waals surface area contributed by atoms with Crippen molar-refractivity contribution in [3.8, 4) is 5.75 Å². The largest absolute Gasteiger partial charge is 0.497 e. The summed E-state index contributed by atoms with van der Waals surface area (Å²) in [6, 6.07) is 13.8. The third kappa shape index (κ3) is 5.28. The zero-order chi connectivity index (χ0) is 21.7. The molecule has 3 rings (SSSR count). The smallest absolute Gasteiger partial charge is 0.251 e. The van der Waals surface area contributed by atoms with Crippen LogP contribution in [-0.2, 0) is 7.05 Å². The molecule has 1 atom stereocenters. The van der Waals surface area contributed by atoms with Gasteiger partial charge in [0.25, 0.3) is 5.91 Å². The molecule has 1 amide bonds. The van der Waals surface area contributed by atoms with Gasteiger partial charge in [-0.25, -0.2) is 0 Å². The normalized spacial score (nSPS) is 11.7. The Bertz CT molecular complexity index is 1040. The van der Waals surface area contributed by atoms with Crippen molar-refractivity contribution in [2.75, 3.05) is 12.9 Å². The molecule has 3 aromatic rings. The number of thioether (sulfide) groups is 1. The quantitative estimate of drug-likeness (QED) is 0.380. The number of carbonyl (C=O) groups excluding carboxylic acids is 2. The van der Waals surface area contributed by atoms with Crippen LogP contribution in [0.4, 0.5) is 0 Å². The lowest BCUT2D eigenvalue weighted by molar-refractivity contribution is 0.0937. The lowest BCUT2D eigenvalue weighted by Gasteiger charge is -2.14. The Morgan fingerprint density at radius 2 is 1.73 bits per heavy atom. The van der Waals surface area contributed by atoms with Gasteiger partial charge in [-0.3, -0.25) is 9.59 Å². The predicted molar refractivity (Wildman–Crippen MR) is 119 cm³/mol. The number of rotatable bonds is 8. The van der Waals surface area contributed by atoms with Crippen LogP contribution >= 0.6 is 27.7 Å². The van der Waals surface area contributed by atoms with Crippen LogP contribution in [0.2, 0.25) is 0 Å². The predicted octanol–water partition coefficient (Wildman–Crippen LogP) is 4.05. The number of Topliss-reactive ketones (excluding diaryl/α,β-unsaturated/α-hetero) is 1. The highest BCUT2D eigenvalue weighted by Crippen LogP contribution is 2.21. The van der Waals surface area contributed by atoms with Crippen LogP contribution in [0.1, 0.15) is 39.5 Å². The number of ether oxygens (including phenoxy) is 1. The van der Waals surface area contributed by atoms with Gasteiger partial charge in [0.1, 0.15) is 5.75 Å². The molecule has 0 radical (unpaired) electrons. The minimum atomic E-state index is -0.353. The van der Waals surface area contributed by atoms with Crippen molar-refractivity contribution in [1.82, 2.24) is 20.1 Å². The molecule has 0 spiro atoms. The Balaban J connectivity index is 1.61. The first-order chi connectivity index (χ1) is 14.4. The van der Waals surface area contributed by atoms with Gasteiger partial charge in [0.15, 0.2) is 16.8 Å². The Kier molecular flexibility index (Phi) is 7.28. The number of methoxy groups -OCH3 is 1. The van der Waals surface area contributed by atoms with E-state index in [1.165, 1.54) is 11.8 Å². The Hall–Kier alpha value is -2.65. The molecule has 0 aliphatic carbocycles. The number of hydrogen-bond donors (Lipinski definition) is 1. The zero-order valence-corrected chi connectivity index (χ0v) is 19.2. The molecular weight excluding hydrogens is 468 g/mol. The summed E-state index contributed by atoms with van der Waals surface area (Å²) < 4.78 is 7.83. The average Bonchev–Trinajstić information content (AvgIpc) is 3.13. The summed E-state index contributed by atoms with van der Waals surface area (Å²) in [6.45, 7) is 1.84. The Morgan fingerprint density at radius 1 is 1.10 bits per heavy atom. The molecule has 7 nitrogen and oxygen atoms in total. The van der Waals surface area contributed by atoms with E-state index in [0.717, 1.165) is 4.47 Å². The third-order valence-corrected chi connectivity index (χ3v) is 6.00. The molecule has 0 aliphatic heterocycles. The van der Waals surface area contributed by atoms with Crippen molar-refractivity contribution in [2.24, 2.45) is 7.05 Å². The Labute approximate surface area is 187 Å². The molecule has 1 heterocycles. The molecule has 1 N–H and O–H groups in total. The fourth-order valence-corrected chi connectivity index (χ4v) is 3.84. The number of amides is 1. The van der Waals surface area contributed by atoms with E-state index in [9.17, 15) is 9.59 Å². The summed E-state index contributed by atoms with van der Waals surface area (Å²) >= 11 is 4.67. The van der Waals surface area contributed by atoms with Crippen LogP contribution in [-0.4, -0.2) is 39.3 Å². The maximum absolute atomic E-state index is 12.5. The van der Waals surface area contributed by atoms with Gasteiger partial charge in [-0.05, 0) is 43.3 Å². The van der Waals surface area contributed by atoms with E-state index in [1.54, 1.807) is 48.1 Å². The van der Waals surface area contributed by atoms with Crippen molar-refractivity contribution < 1.29 is 14.3 Å². The first kappa shape index (κ1) is 22.0. The van der Waals surface area contributed by atoms with Gasteiger partial charge in [0.05, 0.1) is 18.9 Å². The fourth-order valence-electron chi connectivity index (χ4n) is 2.77. The standard InChI is InChI=1S/C21H21BrN4O3S/c1-13(23-20(28)15-6-10-17(29-3)11-7-15)19-24-25-21(26(19)2)30-12-18(27)14-4-8-16(22)9-5-14/h4-11,13H,12H2,1-3H3,(H,23,28). The number of nitrogens with zero attached hydrogens (tertiary/aromatic N) is 3. The highest BCUT2D eigenvalue weighted by atomic mass is 79.9. The first-order valence-electron chi connectivity index (χ1n) is 9.15. The van der Waals surface area contributed by atoms with Crippen molar-refractivity contribution in [2.45, 2.75) is 18.1 Å². The van der Waals surface area contributed by atoms with Crippen molar-refractivity contribution in [1.29, 1.82) is 0 Å². The first-order valence-corrected chi connectivity index (χ1v) is 10.9. The monoisotopic (exact) mass is 488 g/mol. The maximum atomic E-state index is 12.5. The fraction of sp³-hybridized carbons (Fsp3) is 0.238. The molecule has 1 unspecified atom stereocenters. The molecule has 0 saturated carbocycles. The lowest BCUT2D eigenvalue weighted by Crippen LogP contribution is -2.28. The van der Waals surface area contributed by atoms with E-state index in [4.69, 9.17) is 4.74 Å². The molecule has 0 bridgehead atoms. The van der Waals surface area contributed by atoms with Gasteiger partial charge >= 0.3 is 0 Å². The number of benzene rings is 2. The van der Waals surface area contributed by atoms with Gasteiger partial charge in [-0.2, -0.15) is 0 Å². The van der Waals surface area contributed by atoms with Crippen LogP contribution in [0.5, 0.6) is 5.75 Å². The van der Waals surface area contributed by atoms with Crippen molar-refractivity contribution >= 4 is 39.4 Å². The summed E-state index contributed by atoms with van der Waals surface area (Å²) in [5.74, 6) is 1.34. The van der Waals surface area contributed by atoms with Gasteiger partial charge < -0.3 is 14.6 Å². The average molecular weight is 489 g/mol. The van der Waals surface area contributed by atoms with E-state index in [0.29, 0.717) is 27.9 Å². The summed E-state index contributed by atoms with van der Waals surface area (Å²) in [7, 11) is 3.39. The number of aromatic nitrogens is 3. The molecule has 1 aromatic heterocycles. The van der Waals surface area contributed by atoms with E-state index in [2.05, 4.69) is 31.4 Å². The summed E-state index contributed by atoms with van der Waals surface area (Å²) in [6.07, 6.45) is 0. The minimum Gasteiger partial charge on any atom is -0.497 e. The van der Waals surface area contributed by atoms with E-state index in [1.807, 2.05) is 26.1 Å². The second kappa shape index (κ2) is 9.90. The summed E-state index contributed by atoms with van der Waals surface area (Å²) in [4.78, 5) is 24.8.